The van der Waals surface area contributed by atoms with E-state index >= 15 is 0 Å². The molecule has 0 unspecified atom stereocenters. The molecule has 3 N–H and O–H groups in total. The summed E-state index contributed by atoms with van der Waals surface area (Å²) in [6.07, 6.45) is 3.04. The maximum Gasteiger partial charge on any atom is 0.306 e. The van der Waals surface area contributed by atoms with Gasteiger partial charge in [-0.25, -0.2) is 5.10 Å². The average Bonchev–Trinajstić information content (AvgIpc) is 2.73. The summed E-state index contributed by atoms with van der Waals surface area (Å²) in [6, 6.07) is 3.24. The second-order valence-corrected chi connectivity index (χ2v) is 3.16. The standard InChI is InChI=1S/C9H10N4O2/c14-8-5-7(12-13-9(8)15)2-1-6-3-4-10-11-6/h3-5H,1-2H2,(H,10,11)(H,12,14)(H,13,15). The first-order chi connectivity index (χ1) is 7.25. The van der Waals surface area contributed by atoms with E-state index in [1.54, 1.807) is 6.20 Å². The predicted octanol–water partition coefficient (Wildman–Crippen LogP) is -0.0162. The number of aryl methyl sites for hydroxylation is 2. The van der Waals surface area contributed by atoms with E-state index in [1.807, 2.05) is 6.07 Å². The second-order valence-electron chi connectivity index (χ2n) is 3.16. The highest BCUT2D eigenvalue weighted by atomic mass is 16.3. The van der Waals surface area contributed by atoms with Crippen molar-refractivity contribution in [2.75, 3.05) is 0 Å². The third-order valence-electron chi connectivity index (χ3n) is 2.05. The zero-order chi connectivity index (χ0) is 10.7. The maximum absolute atomic E-state index is 10.8. The van der Waals surface area contributed by atoms with Crippen LogP contribution in [-0.2, 0) is 12.8 Å². The Morgan fingerprint density at radius 3 is 2.87 bits per heavy atom. The minimum Gasteiger partial charge on any atom is -0.503 e. The van der Waals surface area contributed by atoms with E-state index in [9.17, 15) is 4.79 Å². The fourth-order valence-corrected chi connectivity index (χ4v) is 1.25. The summed E-state index contributed by atoms with van der Waals surface area (Å²) in [7, 11) is 0. The summed E-state index contributed by atoms with van der Waals surface area (Å²) in [5.41, 5.74) is 1.06. The van der Waals surface area contributed by atoms with Gasteiger partial charge in [0.1, 0.15) is 0 Å². The summed E-state index contributed by atoms with van der Waals surface area (Å²) in [4.78, 5) is 10.8. The molecule has 2 heterocycles. The molecule has 15 heavy (non-hydrogen) atoms. The number of hydrogen-bond acceptors (Lipinski definition) is 4. The lowest BCUT2D eigenvalue weighted by molar-refractivity contribution is 0.462. The average molecular weight is 206 g/mol. The zero-order valence-electron chi connectivity index (χ0n) is 7.90. The minimum absolute atomic E-state index is 0.301. The van der Waals surface area contributed by atoms with Crippen LogP contribution in [0.4, 0.5) is 0 Å². The van der Waals surface area contributed by atoms with Crippen LogP contribution in [0.1, 0.15) is 11.4 Å². The molecule has 0 aliphatic rings. The Labute approximate surface area is 85.0 Å². The van der Waals surface area contributed by atoms with Crippen LogP contribution in [0.25, 0.3) is 0 Å². The fourth-order valence-electron chi connectivity index (χ4n) is 1.25. The molecule has 0 aliphatic carbocycles. The van der Waals surface area contributed by atoms with E-state index in [0.29, 0.717) is 12.1 Å². The third kappa shape index (κ3) is 2.22. The number of hydrogen-bond donors (Lipinski definition) is 3. The van der Waals surface area contributed by atoms with Crippen molar-refractivity contribution in [1.29, 1.82) is 0 Å². The highest BCUT2D eigenvalue weighted by Crippen LogP contribution is 2.04. The van der Waals surface area contributed by atoms with E-state index in [2.05, 4.69) is 20.4 Å². The summed E-state index contributed by atoms with van der Waals surface area (Å²) >= 11 is 0. The van der Waals surface area contributed by atoms with Crippen LogP contribution in [0.3, 0.4) is 0 Å². The molecule has 0 saturated carbocycles. The molecule has 0 aromatic carbocycles. The highest BCUT2D eigenvalue weighted by Gasteiger charge is 2.02. The Bertz CT molecular complexity index is 489. The molecule has 0 saturated heterocycles. The van der Waals surface area contributed by atoms with Gasteiger partial charge >= 0.3 is 5.56 Å². The van der Waals surface area contributed by atoms with Crippen LogP contribution in [0.15, 0.2) is 23.1 Å². The molecule has 2 rings (SSSR count). The lowest BCUT2D eigenvalue weighted by Crippen LogP contribution is -2.09. The van der Waals surface area contributed by atoms with Crippen molar-refractivity contribution >= 4 is 0 Å². The first-order valence-corrected chi connectivity index (χ1v) is 4.51. The molecular formula is C9H10N4O2. The van der Waals surface area contributed by atoms with Crippen LogP contribution >= 0.6 is 0 Å². The van der Waals surface area contributed by atoms with Gasteiger partial charge in [0, 0.05) is 18.0 Å². The van der Waals surface area contributed by atoms with Gasteiger partial charge in [0.15, 0.2) is 5.75 Å². The third-order valence-corrected chi connectivity index (χ3v) is 2.05. The fraction of sp³-hybridized carbons (Fsp3) is 0.222. The molecular weight excluding hydrogens is 196 g/mol. The molecule has 0 atom stereocenters. The molecule has 0 bridgehead atoms. The molecule has 6 nitrogen and oxygen atoms in total. The Morgan fingerprint density at radius 1 is 1.33 bits per heavy atom. The highest BCUT2D eigenvalue weighted by molar-refractivity contribution is 5.18. The number of nitrogens with zero attached hydrogens (tertiary/aromatic N) is 2. The van der Waals surface area contributed by atoms with Crippen LogP contribution in [0.2, 0.25) is 0 Å². The lowest BCUT2D eigenvalue weighted by atomic mass is 10.2. The van der Waals surface area contributed by atoms with Crippen molar-refractivity contribution in [2.45, 2.75) is 12.8 Å². The molecule has 0 fully saturated rings. The molecule has 0 amide bonds. The number of aromatic hydroxyl groups is 1. The van der Waals surface area contributed by atoms with Gasteiger partial charge in [0.05, 0.1) is 5.69 Å². The van der Waals surface area contributed by atoms with Gasteiger partial charge in [-0.1, -0.05) is 0 Å². The number of aromatic nitrogens is 4. The Morgan fingerprint density at radius 2 is 2.20 bits per heavy atom. The lowest BCUT2D eigenvalue weighted by Gasteiger charge is -1.98. The monoisotopic (exact) mass is 206 g/mol. The molecule has 78 valence electrons. The predicted molar refractivity (Wildman–Crippen MR) is 52.5 cm³/mol. The van der Waals surface area contributed by atoms with E-state index in [4.69, 9.17) is 5.11 Å². The van der Waals surface area contributed by atoms with E-state index < -0.39 is 5.56 Å². The summed E-state index contributed by atoms with van der Waals surface area (Å²) in [6.45, 7) is 0. The SMILES string of the molecule is O=c1[nH]nc(CCc2ccn[nH]2)cc1O. The van der Waals surface area contributed by atoms with Crippen molar-refractivity contribution in [3.8, 4) is 5.75 Å². The number of H-pyrrole nitrogens is 2. The van der Waals surface area contributed by atoms with E-state index in [0.717, 1.165) is 12.1 Å². The van der Waals surface area contributed by atoms with Crippen molar-refractivity contribution in [2.24, 2.45) is 0 Å². The minimum atomic E-state index is -0.569. The van der Waals surface area contributed by atoms with Gasteiger partial charge in [0.2, 0.25) is 0 Å². The van der Waals surface area contributed by atoms with Crippen LogP contribution in [0.5, 0.6) is 5.75 Å². The van der Waals surface area contributed by atoms with Crippen LogP contribution in [-0.4, -0.2) is 25.5 Å². The Hall–Kier alpha value is -2.11. The van der Waals surface area contributed by atoms with Gasteiger partial charge in [0.25, 0.3) is 0 Å². The van der Waals surface area contributed by atoms with Gasteiger partial charge in [-0.15, -0.1) is 0 Å². The Kier molecular flexibility index (Phi) is 2.49. The van der Waals surface area contributed by atoms with Crippen molar-refractivity contribution < 1.29 is 5.11 Å². The van der Waals surface area contributed by atoms with Gasteiger partial charge in [-0.3, -0.25) is 9.89 Å². The molecule has 0 spiro atoms. The topological polar surface area (TPSA) is 94.7 Å². The normalized spacial score (nSPS) is 10.4. The van der Waals surface area contributed by atoms with Crippen molar-refractivity contribution in [3.63, 3.8) is 0 Å². The first-order valence-electron chi connectivity index (χ1n) is 4.51. The first kappa shape index (κ1) is 9.45. The summed E-state index contributed by atoms with van der Waals surface area (Å²) in [5, 5.41) is 21.8. The molecule has 0 aliphatic heterocycles. The Balaban J connectivity index is 2.05. The summed E-state index contributed by atoms with van der Waals surface area (Å²) < 4.78 is 0. The number of rotatable bonds is 3. The van der Waals surface area contributed by atoms with Gasteiger partial charge in [-0.05, 0) is 18.9 Å². The molecule has 2 aromatic heterocycles. The van der Waals surface area contributed by atoms with Crippen LogP contribution in [0, 0.1) is 0 Å². The zero-order valence-corrected chi connectivity index (χ0v) is 7.90. The summed E-state index contributed by atoms with van der Waals surface area (Å²) in [5.74, 6) is -0.301. The molecule has 2 aromatic rings. The smallest absolute Gasteiger partial charge is 0.306 e. The van der Waals surface area contributed by atoms with Crippen LogP contribution < -0.4 is 5.56 Å². The quantitative estimate of drug-likeness (QED) is 0.658. The van der Waals surface area contributed by atoms with Crippen molar-refractivity contribution in [3.05, 3.63) is 40.1 Å². The van der Waals surface area contributed by atoms with Gasteiger partial charge in [-0.2, -0.15) is 10.2 Å². The van der Waals surface area contributed by atoms with E-state index in [1.165, 1.54) is 6.07 Å². The molecule has 0 radical (unpaired) electrons. The van der Waals surface area contributed by atoms with E-state index in [-0.39, 0.29) is 5.75 Å². The van der Waals surface area contributed by atoms with Gasteiger partial charge < -0.3 is 5.11 Å². The molecule has 6 heteroatoms. The van der Waals surface area contributed by atoms with Crippen molar-refractivity contribution in [1.82, 2.24) is 20.4 Å². The maximum atomic E-state index is 10.8. The number of nitrogens with one attached hydrogen (secondary N) is 2. The number of aromatic amines is 2. The second kappa shape index (κ2) is 3.95. The largest absolute Gasteiger partial charge is 0.503 e.